The van der Waals surface area contributed by atoms with Gasteiger partial charge in [0, 0.05) is 6.42 Å². The predicted molar refractivity (Wildman–Crippen MR) is 72.1 cm³/mol. The summed E-state index contributed by atoms with van der Waals surface area (Å²) >= 11 is 6.13. The normalized spacial score (nSPS) is 17.7. The molecule has 0 radical (unpaired) electrons. The van der Waals surface area contributed by atoms with Crippen molar-refractivity contribution in [2.75, 3.05) is 31.6 Å². The monoisotopic (exact) mass is 282 g/mol. The molecule has 0 saturated heterocycles. The largest absolute Gasteiger partial charge is 0.392 e. The summed E-state index contributed by atoms with van der Waals surface area (Å²) in [6.07, 6.45) is 0.865. The van der Waals surface area contributed by atoms with E-state index in [1.807, 2.05) is 0 Å². The minimum atomic E-state index is 0.0601. The second-order valence-electron chi connectivity index (χ2n) is 4.69. The predicted octanol–water partition coefficient (Wildman–Crippen LogP) is -0.609. The Labute approximate surface area is 117 Å². The zero-order valence-corrected chi connectivity index (χ0v) is 11.8. The number of pyridine rings is 1. The molecule has 0 saturated carbocycles. The number of aromatic nitrogens is 1. The third-order valence-corrected chi connectivity index (χ3v) is 3.89. The number of rotatable bonds is 4. The molecule has 102 valence electrons. The number of halogens is 1. The van der Waals surface area contributed by atoms with Gasteiger partial charge in [0.1, 0.15) is 24.7 Å². The molecule has 5 nitrogen and oxygen atoms in total. The average molecular weight is 283 g/mol. The maximum Gasteiger partial charge on any atom is 0.282 e. The van der Waals surface area contributed by atoms with Crippen LogP contribution in [0.3, 0.4) is 0 Å². The van der Waals surface area contributed by atoms with Crippen LogP contribution in [-0.2, 0) is 13.0 Å². The summed E-state index contributed by atoms with van der Waals surface area (Å²) in [7, 11) is 0. The Balaban J connectivity index is 2.45. The number of hydrogen-bond donors (Lipinski definition) is 3. The van der Waals surface area contributed by atoms with Crippen molar-refractivity contribution in [1.29, 1.82) is 5.26 Å². The highest BCUT2D eigenvalue weighted by molar-refractivity contribution is 6.29. The van der Waals surface area contributed by atoms with E-state index in [1.54, 1.807) is 0 Å². The molecular weight excluding hydrogens is 264 g/mol. The van der Waals surface area contributed by atoms with Crippen LogP contribution in [0.25, 0.3) is 0 Å². The van der Waals surface area contributed by atoms with Gasteiger partial charge in [-0.15, -0.1) is 0 Å². The van der Waals surface area contributed by atoms with Crippen LogP contribution >= 0.6 is 11.6 Å². The molecular formula is C13H19ClN4O+2. The minimum absolute atomic E-state index is 0.0601. The van der Waals surface area contributed by atoms with Crippen LogP contribution in [0.4, 0.5) is 5.82 Å². The SMILES string of the molecule is CC[NH+]1CCc2c(C#N)c(Cl)[nH+]c(NCCO)c2C1. The zero-order chi connectivity index (χ0) is 13.8. The molecule has 4 N–H and O–H groups in total. The van der Waals surface area contributed by atoms with Crippen LogP contribution in [0.15, 0.2) is 0 Å². The molecule has 0 fully saturated rings. The smallest absolute Gasteiger partial charge is 0.282 e. The van der Waals surface area contributed by atoms with Crippen LogP contribution in [0.5, 0.6) is 0 Å². The average Bonchev–Trinajstić information content (AvgIpc) is 2.44. The number of aliphatic hydroxyl groups excluding tert-OH is 1. The number of likely N-dealkylation sites (N-methyl/N-ethyl adjacent to an activating group) is 1. The van der Waals surface area contributed by atoms with Gasteiger partial charge in [0.15, 0.2) is 0 Å². The lowest BCUT2D eigenvalue weighted by atomic mass is 9.96. The molecule has 1 unspecified atom stereocenters. The van der Waals surface area contributed by atoms with Crippen LogP contribution in [0.1, 0.15) is 23.6 Å². The van der Waals surface area contributed by atoms with Gasteiger partial charge in [-0.2, -0.15) is 5.26 Å². The van der Waals surface area contributed by atoms with Crippen molar-refractivity contribution in [3.8, 4) is 6.07 Å². The number of nitrogens with zero attached hydrogens (tertiary/aromatic N) is 1. The summed E-state index contributed by atoms with van der Waals surface area (Å²) in [5, 5.41) is 21.7. The topological polar surface area (TPSA) is 74.6 Å². The molecule has 1 aliphatic rings. The second kappa shape index (κ2) is 6.20. The first-order valence-corrected chi connectivity index (χ1v) is 6.94. The van der Waals surface area contributed by atoms with E-state index in [1.165, 1.54) is 4.90 Å². The number of aliphatic hydroxyl groups is 1. The van der Waals surface area contributed by atoms with Gasteiger partial charge in [0.2, 0.25) is 5.15 Å². The highest BCUT2D eigenvalue weighted by atomic mass is 35.5. The molecule has 0 bridgehead atoms. The van der Waals surface area contributed by atoms with Crippen LogP contribution < -0.4 is 15.2 Å². The van der Waals surface area contributed by atoms with Gasteiger partial charge < -0.3 is 10.0 Å². The zero-order valence-electron chi connectivity index (χ0n) is 11.0. The number of anilines is 1. The Hall–Kier alpha value is -1.35. The summed E-state index contributed by atoms with van der Waals surface area (Å²) in [4.78, 5) is 4.53. The summed E-state index contributed by atoms with van der Waals surface area (Å²) in [6, 6.07) is 2.19. The number of fused-ring (bicyclic) bond motifs is 1. The fourth-order valence-corrected chi connectivity index (χ4v) is 2.79. The van der Waals surface area contributed by atoms with Gasteiger partial charge in [-0.3, -0.25) is 5.32 Å². The van der Waals surface area contributed by atoms with Crippen molar-refractivity contribution < 1.29 is 15.0 Å². The van der Waals surface area contributed by atoms with Crippen LogP contribution in [-0.4, -0.2) is 31.3 Å². The molecule has 0 spiro atoms. The van der Waals surface area contributed by atoms with E-state index in [4.69, 9.17) is 16.7 Å². The van der Waals surface area contributed by atoms with E-state index in [0.29, 0.717) is 17.3 Å². The number of hydrogen-bond acceptors (Lipinski definition) is 3. The van der Waals surface area contributed by atoms with E-state index in [-0.39, 0.29) is 6.61 Å². The van der Waals surface area contributed by atoms with E-state index in [9.17, 15) is 5.26 Å². The van der Waals surface area contributed by atoms with Gasteiger partial charge in [0.05, 0.1) is 25.3 Å². The number of H-pyrrole nitrogens is 1. The quantitative estimate of drug-likeness (QED) is 0.645. The molecule has 6 heteroatoms. The van der Waals surface area contributed by atoms with E-state index < -0.39 is 0 Å². The van der Waals surface area contributed by atoms with Gasteiger partial charge in [0.25, 0.3) is 5.82 Å². The Morgan fingerprint density at radius 1 is 1.53 bits per heavy atom. The molecule has 0 aliphatic carbocycles. The third kappa shape index (κ3) is 2.81. The maximum atomic E-state index is 9.24. The van der Waals surface area contributed by atoms with Gasteiger partial charge in [-0.25, -0.2) is 4.98 Å². The van der Waals surface area contributed by atoms with Crippen molar-refractivity contribution >= 4 is 17.4 Å². The van der Waals surface area contributed by atoms with Gasteiger partial charge >= 0.3 is 0 Å². The molecule has 2 rings (SSSR count). The fourth-order valence-electron chi connectivity index (χ4n) is 2.54. The molecule has 2 heterocycles. The minimum Gasteiger partial charge on any atom is -0.392 e. The van der Waals surface area contributed by atoms with E-state index in [2.05, 4.69) is 23.3 Å². The van der Waals surface area contributed by atoms with Crippen LogP contribution in [0.2, 0.25) is 5.15 Å². The summed E-state index contributed by atoms with van der Waals surface area (Å²) < 4.78 is 0. The van der Waals surface area contributed by atoms with E-state index >= 15 is 0 Å². The Kier molecular flexibility index (Phi) is 4.59. The molecule has 1 atom stereocenters. The standard InChI is InChI=1S/C13H17ClN4O/c1-2-18-5-3-9-10(7-15)12(14)17-13(11(9)8-18)16-4-6-19/h19H,2-6,8H2,1H3,(H,16,17)/p+2. The molecule has 1 aromatic heterocycles. The van der Waals surface area contributed by atoms with E-state index in [0.717, 1.165) is 43.0 Å². The number of aromatic amines is 1. The Morgan fingerprint density at radius 3 is 2.95 bits per heavy atom. The molecule has 0 amide bonds. The lowest BCUT2D eigenvalue weighted by molar-refractivity contribution is -0.914. The Morgan fingerprint density at radius 2 is 2.32 bits per heavy atom. The summed E-state index contributed by atoms with van der Waals surface area (Å²) in [5.41, 5.74) is 2.72. The Bertz CT molecular complexity index is 512. The lowest BCUT2D eigenvalue weighted by Gasteiger charge is -2.25. The first-order valence-electron chi connectivity index (χ1n) is 6.56. The number of quaternary nitrogens is 1. The maximum absolute atomic E-state index is 9.24. The van der Waals surface area contributed by atoms with Crippen LogP contribution in [0, 0.1) is 11.3 Å². The molecule has 1 aliphatic heterocycles. The van der Waals surface area contributed by atoms with Crippen molar-refractivity contribution in [1.82, 2.24) is 0 Å². The van der Waals surface area contributed by atoms with Crippen molar-refractivity contribution in [3.63, 3.8) is 0 Å². The summed E-state index contributed by atoms with van der Waals surface area (Å²) in [6.45, 7) is 5.65. The highest BCUT2D eigenvalue weighted by Gasteiger charge is 2.29. The number of nitrogens with one attached hydrogen (secondary N) is 3. The van der Waals surface area contributed by atoms with Gasteiger partial charge in [-0.05, 0) is 24.1 Å². The summed E-state index contributed by atoms with van der Waals surface area (Å²) in [5.74, 6) is 0.832. The molecule has 0 aromatic carbocycles. The van der Waals surface area contributed by atoms with Crippen molar-refractivity contribution in [3.05, 3.63) is 21.8 Å². The first kappa shape index (κ1) is 14.1. The molecule has 1 aromatic rings. The number of nitriles is 1. The highest BCUT2D eigenvalue weighted by Crippen LogP contribution is 2.25. The van der Waals surface area contributed by atoms with Crippen molar-refractivity contribution in [2.24, 2.45) is 0 Å². The fraction of sp³-hybridized carbons (Fsp3) is 0.538. The lowest BCUT2D eigenvalue weighted by Crippen LogP contribution is -3.11. The van der Waals surface area contributed by atoms with Gasteiger partial charge in [-0.1, -0.05) is 0 Å². The second-order valence-corrected chi connectivity index (χ2v) is 5.07. The van der Waals surface area contributed by atoms with Crippen molar-refractivity contribution in [2.45, 2.75) is 19.9 Å². The third-order valence-electron chi connectivity index (χ3n) is 3.60. The molecule has 19 heavy (non-hydrogen) atoms. The first-order chi connectivity index (χ1) is 9.21.